The van der Waals surface area contributed by atoms with Crippen molar-refractivity contribution in [2.75, 3.05) is 19.5 Å². The number of carbonyl (C=O) groups is 1. The first kappa shape index (κ1) is 11.0. The van der Waals surface area contributed by atoms with Crippen LogP contribution in [0.1, 0.15) is 11.7 Å². The summed E-state index contributed by atoms with van der Waals surface area (Å²) in [6.45, 7) is 0. The smallest absolute Gasteiger partial charge is 0.258 e. The SMILES string of the molecule is COc1cc(Cl)c(OC)c2c1NC(=O)C2O. The first-order chi connectivity index (χ1) is 7.60. The third-order valence-electron chi connectivity index (χ3n) is 2.43. The minimum absolute atomic E-state index is 0.281. The molecular formula is C10H10ClNO4. The van der Waals surface area contributed by atoms with Gasteiger partial charge in [0.15, 0.2) is 6.10 Å². The molecule has 2 N–H and O–H groups in total. The van der Waals surface area contributed by atoms with E-state index in [0.717, 1.165) is 0 Å². The van der Waals surface area contributed by atoms with Crippen LogP contribution in [0.3, 0.4) is 0 Å². The lowest BCUT2D eigenvalue weighted by atomic mass is 10.1. The fourth-order valence-corrected chi connectivity index (χ4v) is 1.99. The van der Waals surface area contributed by atoms with Crippen LogP contribution < -0.4 is 14.8 Å². The highest BCUT2D eigenvalue weighted by molar-refractivity contribution is 6.33. The number of nitrogens with one attached hydrogen (secondary N) is 1. The van der Waals surface area contributed by atoms with Crippen LogP contribution in [0.15, 0.2) is 6.07 Å². The van der Waals surface area contributed by atoms with Crippen LogP contribution in [0, 0.1) is 0 Å². The summed E-state index contributed by atoms with van der Waals surface area (Å²) in [4.78, 5) is 11.4. The summed E-state index contributed by atoms with van der Waals surface area (Å²) >= 11 is 5.95. The molecule has 6 heteroatoms. The molecule has 0 saturated heterocycles. The van der Waals surface area contributed by atoms with Crippen molar-refractivity contribution in [3.63, 3.8) is 0 Å². The van der Waals surface area contributed by atoms with Crippen molar-refractivity contribution < 1.29 is 19.4 Å². The lowest BCUT2D eigenvalue weighted by Crippen LogP contribution is -2.11. The Labute approximate surface area is 96.9 Å². The Kier molecular flexibility index (Phi) is 2.65. The molecule has 86 valence electrons. The van der Waals surface area contributed by atoms with E-state index in [1.54, 1.807) is 0 Å². The van der Waals surface area contributed by atoms with E-state index in [1.165, 1.54) is 20.3 Å². The molecule has 5 nitrogen and oxygen atoms in total. The number of fused-ring (bicyclic) bond motifs is 1. The highest BCUT2D eigenvalue weighted by Gasteiger charge is 2.35. The van der Waals surface area contributed by atoms with Crippen molar-refractivity contribution in [1.82, 2.24) is 0 Å². The summed E-state index contributed by atoms with van der Waals surface area (Å²) < 4.78 is 10.1. The van der Waals surface area contributed by atoms with E-state index in [9.17, 15) is 9.90 Å². The predicted octanol–water partition coefficient (Wildman–Crippen LogP) is 1.34. The van der Waals surface area contributed by atoms with Crippen LogP contribution in [0.5, 0.6) is 11.5 Å². The Bertz CT molecular complexity index is 461. The first-order valence-corrected chi connectivity index (χ1v) is 4.91. The number of aliphatic hydroxyl groups is 1. The lowest BCUT2D eigenvalue weighted by molar-refractivity contribution is -0.123. The van der Waals surface area contributed by atoms with E-state index >= 15 is 0 Å². The third kappa shape index (κ3) is 1.40. The van der Waals surface area contributed by atoms with Gasteiger partial charge in [-0.15, -0.1) is 0 Å². The molecule has 1 aromatic carbocycles. The molecule has 16 heavy (non-hydrogen) atoms. The van der Waals surface area contributed by atoms with Crippen LogP contribution in [0.2, 0.25) is 5.02 Å². The maximum absolute atomic E-state index is 11.4. The van der Waals surface area contributed by atoms with Gasteiger partial charge in [0.1, 0.15) is 11.5 Å². The number of ether oxygens (including phenoxy) is 2. The van der Waals surface area contributed by atoms with Crippen LogP contribution in [-0.4, -0.2) is 25.2 Å². The molecule has 0 bridgehead atoms. The third-order valence-corrected chi connectivity index (χ3v) is 2.71. The maximum Gasteiger partial charge on any atom is 0.258 e. The molecular weight excluding hydrogens is 234 g/mol. The average molecular weight is 244 g/mol. The van der Waals surface area contributed by atoms with E-state index in [-0.39, 0.29) is 10.8 Å². The van der Waals surface area contributed by atoms with Crippen molar-refractivity contribution in [3.8, 4) is 11.5 Å². The zero-order valence-corrected chi connectivity index (χ0v) is 9.46. The summed E-state index contributed by atoms with van der Waals surface area (Å²) in [5, 5.41) is 12.5. The molecule has 0 aliphatic carbocycles. The molecule has 0 aromatic heterocycles. The zero-order valence-electron chi connectivity index (χ0n) is 8.70. The fourth-order valence-electron chi connectivity index (χ4n) is 1.71. The number of methoxy groups -OCH3 is 2. The van der Waals surface area contributed by atoms with Gasteiger partial charge in [-0.1, -0.05) is 11.6 Å². The summed E-state index contributed by atoms with van der Waals surface area (Å²) in [5.74, 6) is 0.155. The van der Waals surface area contributed by atoms with Crippen molar-refractivity contribution in [3.05, 3.63) is 16.7 Å². The highest BCUT2D eigenvalue weighted by Crippen LogP contribution is 2.47. The van der Waals surface area contributed by atoms with E-state index in [4.69, 9.17) is 21.1 Å². The summed E-state index contributed by atoms with van der Waals surface area (Å²) in [6, 6.07) is 1.53. The van der Waals surface area contributed by atoms with E-state index in [2.05, 4.69) is 5.32 Å². The van der Waals surface area contributed by atoms with Gasteiger partial charge >= 0.3 is 0 Å². The predicted molar refractivity (Wildman–Crippen MR) is 58.1 cm³/mol. The molecule has 1 aromatic rings. The summed E-state index contributed by atoms with van der Waals surface area (Å²) in [6.07, 6.45) is -1.28. The highest BCUT2D eigenvalue weighted by atomic mass is 35.5. The topological polar surface area (TPSA) is 67.8 Å². The van der Waals surface area contributed by atoms with E-state index < -0.39 is 12.0 Å². The average Bonchev–Trinajstić information content (AvgIpc) is 2.56. The minimum atomic E-state index is -1.28. The molecule has 0 spiro atoms. The second kappa shape index (κ2) is 3.84. The Morgan fingerprint density at radius 2 is 2.12 bits per heavy atom. The lowest BCUT2D eigenvalue weighted by Gasteiger charge is -2.13. The molecule has 1 amide bonds. The molecule has 2 rings (SSSR count). The second-order valence-electron chi connectivity index (χ2n) is 3.27. The van der Waals surface area contributed by atoms with Gasteiger partial charge in [0.2, 0.25) is 0 Å². The maximum atomic E-state index is 11.4. The fraction of sp³-hybridized carbons (Fsp3) is 0.300. The van der Waals surface area contributed by atoms with Crippen LogP contribution in [-0.2, 0) is 4.79 Å². The number of hydrogen-bond donors (Lipinski definition) is 2. The van der Waals surface area contributed by atoms with Crippen molar-refractivity contribution in [1.29, 1.82) is 0 Å². The monoisotopic (exact) mass is 243 g/mol. The quantitative estimate of drug-likeness (QED) is 0.823. The number of anilines is 1. The minimum Gasteiger partial charge on any atom is -0.495 e. The number of carbonyl (C=O) groups excluding carboxylic acids is 1. The molecule has 0 saturated carbocycles. The molecule has 0 fully saturated rings. The number of halogens is 1. The normalized spacial score (nSPS) is 18.0. The molecule has 1 atom stereocenters. The van der Waals surface area contributed by atoms with E-state index in [0.29, 0.717) is 17.0 Å². The van der Waals surface area contributed by atoms with Gasteiger partial charge < -0.3 is 19.9 Å². The molecule has 1 heterocycles. The van der Waals surface area contributed by atoms with Crippen LogP contribution >= 0.6 is 11.6 Å². The van der Waals surface area contributed by atoms with Crippen LogP contribution in [0.4, 0.5) is 5.69 Å². The van der Waals surface area contributed by atoms with Gasteiger partial charge in [-0.3, -0.25) is 4.79 Å². The van der Waals surface area contributed by atoms with Gasteiger partial charge in [0, 0.05) is 6.07 Å². The zero-order chi connectivity index (χ0) is 11.9. The molecule has 1 aliphatic rings. The van der Waals surface area contributed by atoms with E-state index in [1.807, 2.05) is 0 Å². The van der Waals surface area contributed by atoms with Crippen LogP contribution in [0.25, 0.3) is 0 Å². The Morgan fingerprint density at radius 1 is 1.44 bits per heavy atom. The molecule has 1 aliphatic heterocycles. The van der Waals surface area contributed by atoms with Gasteiger partial charge in [-0.2, -0.15) is 0 Å². The number of hydrogen-bond acceptors (Lipinski definition) is 4. The Morgan fingerprint density at radius 3 is 2.69 bits per heavy atom. The van der Waals surface area contributed by atoms with Crippen molar-refractivity contribution in [2.24, 2.45) is 0 Å². The summed E-state index contributed by atoms with van der Waals surface area (Å²) in [7, 11) is 2.87. The van der Waals surface area contributed by atoms with Gasteiger partial charge in [0.05, 0.1) is 30.5 Å². The van der Waals surface area contributed by atoms with Gasteiger partial charge in [-0.25, -0.2) is 0 Å². The number of aliphatic hydroxyl groups excluding tert-OH is 1. The Hall–Kier alpha value is -1.46. The first-order valence-electron chi connectivity index (χ1n) is 4.53. The standard InChI is InChI=1S/C10H10ClNO4/c1-15-5-3-4(11)9(16-2)6-7(5)12-10(14)8(6)13/h3,8,13H,1-2H3,(H,12,14). The summed E-state index contributed by atoms with van der Waals surface area (Å²) in [5.41, 5.74) is 0.720. The van der Waals surface area contributed by atoms with Gasteiger partial charge in [-0.05, 0) is 0 Å². The van der Waals surface area contributed by atoms with Crippen molar-refractivity contribution in [2.45, 2.75) is 6.10 Å². The van der Waals surface area contributed by atoms with Crippen molar-refractivity contribution >= 4 is 23.2 Å². The van der Waals surface area contributed by atoms with Gasteiger partial charge in [0.25, 0.3) is 5.91 Å². The second-order valence-corrected chi connectivity index (χ2v) is 3.68. The Balaban J connectivity index is 2.71. The number of rotatable bonds is 2. The number of benzene rings is 1. The number of amides is 1. The molecule has 1 unspecified atom stereocenters. The largest absolute Gasteiger partial charge is 0.495 e. The molecule has 0 radical (unpaired) electrons.